The van der Waals surface area contributed by atoms with Crippen LogP contribution in [0.25, 0.3) is 10.2 Å². The highest BCUT2D eigenvalue weighted by molar-refractivity contribution is 7.17. The largest absolute Gasteiger partial charge is 0.474 e. The van der Waals surface area contributed by atoms with Crippen molar-refractivity contribution >= 4 is 50.9 Å². The van der Waals surface area contributed by atoms with Gasteiger partial charge in [-0.2, -0.15) is 4.98 Å². The summed E-state index contributed by atoms with van der Waals surface area (Å²) in [6, 6.07) is 6.02. The number of carbonyl (C=O) groups is 1. The van der Waals surface area contributed by atoms with E-state index in [1.165, 1.54) is 12.8 Å². The van der Waals surface area contributed by atoms with Crippen LogP contribution in [0.4, 0.5) is 23.4 Å². The highest BCUT2D eigenvalue weighted by Gasteiger charge is 2.36. The number of rotatable bonds is 4. The highest BCUT2D eigenvalue weighted by Crippen LogP contribution is 2.35. The Labute approximate surface area is 159 Å². The predicted molar refractivity (Wildman–Crippen MR) is 105 cm³/mol. The molecule has 0 saturated heterocycles. The molecular formula is C18H18N6O2S. The summed E-state index contributed by atoms with van der Waals surface area (Å²) in [6.45, 7) is 3.44. The lowest BCUT2D eigenvalue weighted by Gasteiger charge is -2.30. The maximum Gasteiger partial charge on any atom is 0.269 e. The first kappa shape index (κ1) is 16.2. The molecule has 9 heteroatoms. The Balaban J connectivity index is 1.45. The van der Waals surface area contributed by atoms with E-state index in [9.17, 15) is 4.79 Å². The summed E-state index contributed by atoms with van der Waals surface area (Å²) in [5.74, 6) is 2.53. The highest BCUT2D eigenvalue weighted by atomic mass is 32.1. The standard InChI is InChI=1S/C18H18N6O2S/c1-18(2)16(25)23-14-11(26-18)5-6-12(21-14)22-17-20-10-7-8-27-13(10)15(24-17)19-9-3-4-9/h5-9H,3-4H2,1-2H3,(H3,19,20,21,22,23,24,25). The lowest BCUT2D eigenvalue weighted by atomic mass is 10.1. The number of nitrogens with zero attached hydrogens (tertiary/aromatic N) is 3. The Morgan fingerprint density at radius 3 is 2.89 bits per heavy atom. The second-order valence-electron chi connectivity index (χ2n) is 7.18. The number of fused-ring (bicyclic) bond motifs is 2. The predicted octanol–water partition coefficient (Wildman–Crippen LogP) is 3.51. The van der Waals surface area contributed by atoms with E-state index in [2.05, 4.69) is 30.9 Å². The minimum atomic E-state index is -0.917. The van der Waals surface area contributed by atoms with Crippen molar-refractivity contribution in [2.75, 3.05) is 16.0 Å². The van der Waals surface area contributed by atoms with Crippen molar-refractivity contribution in [3.8, 4) is 5.75 Å². The Bertz CT molecular complexity index is 1060. The van der Waals surface area contributed by atoms with Crippen molar-refractivity contribution in [2.24, 2.45) is 0 Å². The number of anilines is 4. The second kappa shape index (κ2) is 5.78. The van der Waals surface area contributed by atoms with Crippen LogP contribution in [0.1, 0.15) is 26.7 Å². The van der Waals surface area contributed by atoms with Gasteiger partial charge in [-0.05, 0) is 50.3 Å². The average molecular weight is 382 g/mol. The van der Waals surface area contributed by atoms with Crippen molar-refractivity contribution in [1.29, 1.82) is 0 Å². The number of nitrogens with one attached hydrogen (secondary N) is 3. The van der Waals surface area contributed by atoms with E-state index in [1.807, 2.05) is 11.4 Å². The summed E-state index contributed by atoms with van der Waals surface area (Å²) in [6.07, 6.45) is 2.34. The van der Waals surface area contributed by atoms with Gasteiger partial charge in [-0.3, -0.25) is 4.79 Å². The minimum absolute atomic E-state index is 0.230. The van der Waals surface area contributed by atoms with Crippen LogP contribution >= 0.6 is 11.3 Å². The molecule has 3 aromatic rings. The third-order valence-electron chi connectivity index (χ3n) is 4.46. The second-order valence-corrected chi connectivity index (χ2v) is 8.10. The van der Waals surface area contributed by atoms with E-state index >= 15 is 0 Å². The number of aromatic nitrogens is 3. The van der Waals surface area contributed by atoms with Gasteiger partial charge in [-0.25, -0.2) is 9.97 Å². The van der Waals surface area contributed by atoms with E-state index in [0.29, 0.717) is 29.4 Å². The Hall–Kier alpha value is -2.94. The Kier molecular flexibility index (Phi) is 3.48. The van der Waals surface area contributed by atoms with Crippen molar-refractivity contribution < 1.29 is 9.53 Å². The summed E-state index contributed by atoms with van der Waals surface area (Å²) in [4.78, 5) is 25.7. The molecular weight excluding hydrogens is 364 g/mol. The van der Waals surface area contributed by atoms with Gasteiger partial charge in [0, 0.05) is 6.04 Å². The zero-order chi connectivity index (χ0) is 18.6. The molecule has 0 unspecified atom stereocenters. The number of hydrogen-bond donors (Lipinski definition) is 3. The molecule has 1 fully saturated rings. The molecule has 1 amide bonds. The van der Waals surface area contributed by atoms with Gasteiger partial charge in [0.15, 0.2) is 17.2 Å². The van der Waals surface area contributed by atoms with Crippen molar-refractivity contribution in [3.63, 3.8) is 0 Å². The van der Waals surface area contributed by atoms with Gasteiger partial charge in [0.1, 0.15) is 11.6 Å². The molecule has 0 aromatic carbocycles. The fourth-order valence-corrected chi connectivity index (χ4v) is 3.60. The summed E-state index contributed by atoms with van der Waals surface area (Å²) in [5, 5.41) is 11.4. The normalized spacial score (nSPS) is 17.8. The van der Waals surface area contributed by atoms with Crippen LogP contribution in [0.2, 0.25) is 0 Å². The van der Waals surface area contributed by atoms with Gasteiger partial charge < -0.3 is 20.7 Å². The molecule has 3 N–H and O–H groups in total. The number of carbonyl (C=O) groups excluding carboxylic acids is 1. The molecule has 4 heterocycles. The van der Waals surface area contributed by atoms with E-state index in [1.54, 1.807) is 37.3 Å². The Morgan fingerprint density at radius 2 is 2.07 bits per heavy atom. The van der Waals surface area contributed by atoms with Crippen LogP contribution in [0.5, 0.6) is 5.75 Å². The minimum Gasteiger partial charge on any atom is -0.474 e. The van der Waals surface area contributed by atoms with Crippen LogP contribution in [0.15, 0.2) is 23.6 Å². The van der Waals surface area contributed by atoms with Gasteiger partial charge in [0.2, 0.25) is 5.95 Å². The fourth-order valence-electron chi connectivity index (χ4n) is 2.82. The molecule has 138 valence electrons. The number of hydrogen-bond acceptors (Lipinski definition) is 8. The quantitative estimate of drug-likeness (QED) is 0.635. The SMILES string of the molecule is CC1(C)Oc2ccc(Nc3nc(NC4CC4)c4sccc4n3)nc2NC1=O. The third kappa shape index (κ3) is 3.03. The summed E-state index contributed by atoms with van der Waals surface area (Å²) >= 11 is 1.62. The molecule has 3 aromatic heterocycles. The van der Waals surface area contributed by atoms with E-state index in [0.717, 1.165) is 16.0 Å². The topological polar surface area (TPSA) is 101 Å². The lowest BCUT2D eigenvalue weighted by Crippen LogP contribution is -2.46. The smallest absolute Gasteiger partial charge is 0.269 e. The molecule has 27 heavy (non-hydrogen) atoms. The summed E-state index contributed by atoms with van der Waals surface area (Å²) < 4.78 is 6.76. The van der Waals surface area contributed by atoms with Gasteiger partial charge >= 0.3 is 0 Å². The third-order valence-corrected chi connectivity index (χ3v) is 5.37. The first-order chi connectivity index (χ1) is 13.0. The molecule has 0 spiro atoms. The van der Waals surface area contributed by atoms with Crippen molar-refractivity contribution in [2.45, 2.75) is 38.3 Å². The van der Waals surface area contributed by atoms with Gasteiger partial charge in [-0.15, -0.1) is 11.3 Å². The molecule has 0 atom stereocenters. The van der Waals surface area contributed by atoms with Gasteiger partial charge in [-0.1, -0.05) is 0 Å². The molecule has 5 rings (SSSR count). The van der Waals surface area contributed by atoms with Gasteiger partial charge in [0.25, 0.3) is 5.91 Å². The van der Waals surface area contributed by atoms with Gasteiger partial charge in [0.05, 0.1) is 10.2 Å². The van der Waals surface area contributed by atoms with E-state index in [4.69, 9.17) is 4.74 Å². The summed E-state index contributed by atoms with van der Waals surface area (Å²) in [5.41, 5.74) is -0.0305. The Morgan fingerprint density at radius 1 is 1.22 bits per heavy atom. The number of pyridine rings is 1. The summed E-state index contributed by atoms with van der Waals surface area (Å²) in [7, 11) is 0. The number of amides is 1. The van der Waals surface area contributed by atoms with Crippen LogP contribution in [-0.4, -0.2) is 32.5 Å². The first-order valence-electron chi connectivity index (χ1n) is 8.78. The number of ether oxygens (including phenoxy) is 1. The van der Waals surface area contributed by atoms with Crippen LogP contribution in [0, 0.1) is 0 Å². The first-order valence-corrected chi connectivity index (χ1v) is 9.66. The molecule has 0 bridgehead atoms. The zero-order valence-corrected chi connectivity index (χ0v) is 15.7. The van der Waals surface area contributed by atoms with E-state index < -0.39 is 5.60 Å². The lowest BCUT2D eigenvalue weighted by molar-refractivity contribution is -0.129. The molecule has 0 radical (unpaired) electrons. The van der Waals surface area contributed by atoms with E-state index in [-0.39, 0.29) is 5.91 Å². The van der Waals surface area contributed by atoms with Crippen LogP contribution in [0.3, 0.4) is 0 Å². The maximum atomic E-state index is 12.1. The van der Waals surface area contributed by atoms with Crippen molar-refractivity contribution in [3.05, 3.63) is 23.6 Å². The average Bonchev–Trinajstić information content (AvgIpc) is 3.30. The molecule has 1 aliphatic carbocycles. The van der Waals surface area contributed by atoms with Crippen LogP contribution in [-0.2, 0) is 4.79 Å². The van der Waals surface area contributed by atoms with Crippen LogP contribution < -0.4 is 20.7 Å². The maximum absolute atomic E-state index is 12.1. The fraction of sp³-hybridized carbons (Fsp3) is 0.333. The molecule has 1 saturated carbocycles. The zero-order valence-electron chi connectivity index (χ0n) is 14.9. The monoisotopic (exact) mass is 382 g/mol. The molecule has 2 aliphatic rings. The molecule has 1 aliphatic heterocycles. The number of thiophene rings is 1. The van der Waals surface area contributed by atoms with Crippen molar-refractivity contribution in [1.82, 2.24) is 15.0 Å². The molecule has 8 nitrogen and oxygen atoms in total.